The standard InChI is InChI=1S/C18H26FN3O3S.ClH/c1-13-8-9-20-11-17(13)21-18(23)14-3-2-10-22(12-14)26(24,25)16-6-4-15(19)5-7-16;/h4-7,13-14,17,20H,2-3,8-12H2,1H3,(H,21,23);1H. The average molecular weight is 420 g/mol. The highest BCUT2D eigenvalue weighted by Gasteiger charge is 2.34. The number of piperidine rings is 2. The van der Waals surface area contributed by atoms with Crippen LogP contribution in [-0.4, -0.2) is 50.9 Å². The molecule has 2 heterocycles. The summed E-state index contributed by atoms with van der Waals surface area (Å²) in [6.07, 6.45) is 2.33. The number of hydrogen-bond acceptors (Lipinski definition) is 4. The molecular weight excluding hydrogens is 393 g/mol. The van der Waals surface area contributed by atoms with E-state index in [1.54, 1.807) is 0 Å². The Bertz CT molecular complexity index is 745. The van der Waals surface area contributed by atoms with Crippen LogP contribution in [0.3, 0.4) is 0 Å². The molecule has 0 bridgehead atoms. The summed E-state index contributed by atoms with van der Waals surface area (Å²) in [5.74, 6) is -0.504. The fraction of sp³-hybridized carbons (Fsp3) is 0.611. The number of carbonyl (C=O) groups excluding carboxylic acids is 1. The van der Waals surface area contributed by atoms with E-state index in [2.05, 4.69) is 17.6 Å². The van der Waals surface area contributed by atoms with Crippen LogP contribution in [0.2, 0.25) is 0 Å². The Labute approximate surface area is 166 Å². The van der Waals surface area contributed by atoms with Crippen molar-refractivity contribution in [3.8, 4) is 0 Å². The number of nitrogens with zero attached hydrogens (tertiary/aromatic N) is 1. The van der Waals surface area contributed by atoms with Crippen molar-refractivity contribution in [1.82, 2.24) is 14.9 Å². The highest BCUT2D eigenvalue weighted by Crippen LogP contribution is 2.24. The lowest BCUT2D eigenvalue weighted by atomic mass is 9.93. The van der Waals surface area contributed by atoms with Crippen LogP contribution in [-0.2, 0) is 14.8 Å². The first-order valence-corrected chi connectivity index (χ1v) is 10.6. The monoisotopic (exact) mass is 419 g/mol. The van der Waals surface area contributed by atoms with Crippen molar-refractivity contribution in [2.24, 2.45) is 11.8 Å². The van der Waals surface area contributed by atoms with Gasteiger partial charge >= 0.3 is 0 Å². The summed E-state index contributed by atoms with van der Waals surface area (Å²) in [6.45, 7) is 4.38. The molecule has 2 saturated heterocycles. The molecule has 3 atom stereocenters. The summed E-state index contributed by atoms with van der Waals surface area (Å²) in [5.41, 5.74) is 0. The lowest BCUT2D eigenvalue weighted by Gasteiger charge is -2.34. The van der Waals surface area contributed by atoms with Crippen molar-refractivity contribution in [2.45, 2.75) is 37.1 Å². The maximum Gasteiger partial charge on any atom is 0.243 e. The van der Waals surface area contributed by atoms with Crippen LogP contribution < -0.4 is 10.6 Å². The van der Waals surface area contributed by atoms with Crippen LogP contribution in [0, 0.1) is 17.7 Å². The van der Waals surface area contributed by atoms with Gasteiger partial charge in [-0.2, -0.15) is 4.31 Å². The van der Waals surface area contributed by atoms with Gasteiger partial charge in [0, 0.05) is 25.7 Å². The van der Waals surface area contributed by atoms with E-state index >= 15 is 0 Å². The Hall–Kier alpha value is -1.22. The van der Waals surface area contributed by atoms with E-state index in [1.165, 1.54) is 16.4 Å². The maximum absolute atomic E-state index is 13.1. The second kappa shape index (κ2) is 9.32. The van der Waals surface area contributed by atoms with E-state index in [-0.39, 0.29) is 41.7 Å². The quantitative estimate of drug-likeness (QED) is 0.779. The van der Waals surface area contributed by atoms with Crippen LogP contribution in [0.5, 0.6) is 0 Å². The predicted molar refractivity (Wildman–Crippen MR) is 104 cm³/mol. The van der Waals surface area contributed by atoms with Gasteiger partial charge in [0.15, 0.2) is 0 Å². The molecule has 0 aromatic heterocycles. The summed E-state index contributed by atoms with van der Waals surface area (Å²) < 4.78 is 40.0. The summed E-state index contributed by atoms with van der Waals surface area (Å²) in [7, 11) is -3.71. The van der Waals surface area contributed by atoms with Crippen molar-refractivity contribution in [3.05, 3.63) is 30.1 Å². The Balaban J connectivity index is 0.00000261. The minimum absolute atomic E-state index is 0. The highest BCUT2D eigenvalue weighted by atomic mass is 35.5. The van der Waals surface area contributed by atoms with Crippen LogP contribution in [0.15, 0.2) is 29.2 Å². The number of benzene rings is 1. The fourth-order valence-corrected chi connectivity index (χ4v) is 5.14. The third kappa shape index (κ3) is 5.19. The molecule has 1 aromatic carbocycles. The topological polar surface area (TPSA) is 78.5 Å². The van der Waals surface area contributed by atoms with Crippen molar-refractivity contribution < 1.29 is 17.6 Å². The number of amides is 1. The number of rotatable bonds is 4. The number of sulfonamides is 1. The third-order valence-corrected chi connectivity index (χ3v) is 7.24. The molecule has 2 fully saturated rings. The van der Waals surface area contributed by atoms with Crippen molar-refractivity contribution >= 4 is 28.3 Å². The molecule has 0 spiro atoms. The molecule has 2 aliphatic rings. The van der Waals surface area contributed by atoms with Gasteiger partial charge in [-0.15, -0.1) is 12.4 Å². The molecule has 6 nitrogen and oxygen atoms in total. The van der Waals surface area contributed by atoms with Crippen molar-refractivity contribution in [2.75, 3.05) is 26.2 Å². The lowest BCUT2D eigenvalue weighted by molar-refractivity contribution is -0.127. The maximum atomic E-state index is 13.1. The molecule has 2 aliphatic heterocycles. The molecule has 3 unspecified atom stereocenters. The molecule has 2 N–H and O–H groups in total. The zero-order chi connectivity index (χ0) is 18.7. The second-order valence-corrected chi connectivity index (χ2v) is 9.18. The summed E-state index contributed by atoms with van der Waals surface area (Å²) in [6, 6.07) is 4.89. The smallest absolute Gasteiger partial charge is 0.243 e. The molecule has 9 heteroatoms. The van der Waals surface area contributed by atoms with Crippen LogP contribution in [0.1, 0.15) is 26.2 Å². The molecule has 0 aliphatic carbocycles. The predicted octanol–water partition coefficient (Wildman–Crippen LogP) is 1.76. The van der Waals surface area contributed by atoms with Gasteiger partial charge in [0.05, 0.1) is 10.8 Å². The van der Waals surface area contributed by atoms with Gasteiger partial charge in [0.1, 0.15) is 5.82 Å². The van der Waals surface area contributed by atoms with Crippen molar-refractivity contribution in [3.63, 3.8) is 0 Å². The Kier molecular flexibility index (Phi) is 7.62. The number of halogens is 2. The van der Waals surface area contributed by atoms with Crippen LogP contribution in [0.25, 0.3) is 0 Å². The van der Waals surface area contributed by atoms with Gasteiger partial charge in [0.2, 0.25) is 15.9 Å². The second-order valence-electron chi connectivity index (χ2n) is 7.24. The lowest BCUT2D eigenvalue weighted by Crippen LogP contribution is -2.53. The summed E-state index contributed by atoms with van der Waals surface area (Å²) in [4.78, 5) is 12.7. The Morgan fingerprint density at radius 3 is 2.63 bits per heavy atom. The van der Waals surface area contributed by atoms with Gasteiger partial charge in [-0.05, 0) is 56.0 Å². The minimum atomic E-state index is -3.71. The van der Waals surface area contributed by atoms with E-state index in [4.69, 9.17) is 0 Å². The summed E-state index contributed by atoms with van der Waals surface area (Å²) >= 11 is 0. The SMILES string of the molecule is CC1CCNCC1NC(=O)C1CCCN(S(=O)(=O)c2ccc(F)cc2)C1.Cl. The Morgan fingerprint density at radius 2 is 1.96 bits per heavy atom. The van der Waals surface area contributed by atoms with E-state index in [0.29, 0.717) is 25.3 Å². The number of hydrogen-bond donors (Lipinski definition) is 2. The van der Waals surface area contributed by atoms with E-state index in [1.807, 2.05) is 0 Å². The van der Waals surface area contributed by atoms with Gasteiger partial charge < -0.3 is 10.6 Å². The minimum Gasteiger partial charge on any atom is -0.352 e. The number of nitrogens with one attached hydrogen (secondary N) is 2. The molecular formula is C18H27ClFN3O3S. The largest absolute Gasteiger partial charge is 0.352 e. The van der Waals surface area contributed by atoms with E-state index in [0.717, 1.165) is 31.6 Å². The summed E-state index contributed by atoms with van der Waals surface area (Å²) in [5, 5.41) is 6.37. The first-order valence-electron chi connectivity index (χ1n) is 9.15. The van der Waals surface area contributed by atoms with Gasteiger partial charge in [-0.1, -0.05) is 6.92 Å². The molecule has 152 valence electrons. The number of carbonyl (C=O) groups is 1. The van der Waals surface area contributed by atoms with Gasteiger partial charge in [-0.3, -0.25) is 4.79 Å². The molecule has 1 amide bonds. The molecule has 27 heavy (non-hydrogen) atoms. The normalized spacial score (nSPS) is 26.8. The zero-order valence-electron chi connectivity index (χ0n) is 15.4. The Morgan fingerprint density at radius 1 is 1.26 bits per heavy atom. The fourth-order valence-electron chi connectivity index (χ4n) is 3.61. The van der Waals surface area contributed by atoms with Crippen LogP contribution >= 0.6 is 12.4 Å². The molecule has 3 rings (SSSR count). The third-order valence-electron chi connectivity index (χ3n) is 5.36. The zero-order valence-corrected chi connectivity index (χ0v) is 17.0. The first kappa shape index (κ1) is 22.1. The molecule has 0 saturated carbocycles. The van der Waals surface area contributed by atoms with Crippen LogP contribution in [0.4, 0.5) is 4.39 Å². The van der Waals surface area contributed by atoms with Gasteiger partial charge in [0.25, 0.3) is 0 Å². The van der Waals surface area contributed by atoms with Gasteiger partial charge in [-0.25, -0.2) is 12.8 Å². The molecule has 1 aromatic rings. The highest BCUT2D eigenvalue weighted by molar-refractivity contribution is 7.89. The first-order chi connectivity index (χ1) is 12.4. The average Bonchev–Trinajstić information content (AvgIpc) is 2.64. The van der Waals surface area contributed by atoms with Crippen molar-refractivity contribution in [1.29, 1.82) is 0 Å². The molecule has 0 radical (unpaired) electrons. The van der Waals surface area contributed by atoms with E-state index in [9.17, 15) is 17.6 Å². The van der Waals surface area contributed by atoms with E-state index < -0.39 is 15.8 Å².